The Balaban J connectivity index is 1.56. The van der Waals surface area contributed by atoms with Crippen molar-refractivity contribution in [2.24, 2.45) is 17.8 Å². The van der Waals surface area contributed by atoms with E-state index in [1.54, 1.807) is 12.1 Å². The summed E-state index contributed by atoms with van der Waals surface area (Å²) in [6.07, 6.45) is 6.70. The summed E-state index contributed by atoms with van der Waals surface area (Å²) in [6, 6.07) is 27.2. The predicted octanol–water partition coefficient (Wildman–Crippen LogP) is 7.12. The van der Waals surface area contributed by atoms with Gasteiger partial charge in [-0.1, -0.05) is 61.0 Å². The van der Waals surface area contributed by atoms with Crippen molar-refractivity contribution in [3.05, 3.63) is 95.6 Å². The summed E-state index contributed by atoms with van der Waals surface area (Å²) in [5.41, 5.74) is 6.31. The maximum Gasteiger partial charge on any atom is 0.119 e. The molecule has 35 heavy (non-hydrogen) atoms. The molecule has 0 aliphatic heterocycles. The third-order valence-electron chi connectivity index (χ3n) is 7.88. The Kier molecular flexibility index (Phi) is 7.24. The average molecular weight is 468 g/mol. The van der Waals surface area contributed by atoms with Crippen LogP contribution in [0.5, 0.6) is 11.5 Å². The normalized spacial score (nSPS) is 21.9. The molecule has 3 nitrogen and oxygen atoms in total. The largest absolute Gasteiger partial charge is 0.508 e. The first-order valence-electron chi connectivity index (χ1n) is 13.0. The van der Waals surface area contributed by atoms with Gasteiger partial charge in [0.15, 0.2) is 0 Å². The maximum absolute atomic E-state index is 9.99. The lowest BCUT2D eigenvalue weighted by atomic mass is 9.79. The van der Waals surface area contributed by atoms with Gasteiger partial charge in [0.05, 0.1) is 0 Å². The molecule has 2 aliphatic rings. The Morgan fingerprint density at radius 1 is 0.829 bits per heavy atom. The van der Waals surface area contributed by atoms with Gasteiger partial charge in [0, 0.05) is 6.54 Å². The highest BCUT2D eigenvalue weighted by molar-refractivity contribution is 5.98. The Morgan fingerprint density at radius 3 is 2.11 bits per heavy atom. The van der Waals surface area contributed by atoms with Crippen LogP contribution in [0.3, 0.4) is 0 Å². The summed E-state index contributed by atoms with van der Waals surface area (Å²) in [6.45, 7) is 1.56. The monoisotopic (exact) mass is 467 g/mol. The minimum absolute atomic E-state index is 0.298. The third kappa shape index (κ3) is 5.62. The number of aromatic hydroxyl groups is 1. The molecule has 0 saturated heterocycles. The third-order valence-corrected chi connectivity index (χ3v) is 7.88. The van der Waals surface area contributed by atoms with E-state index in [0.717, 1.165) is 42.0 Å². The topological polar surface area (TPSA) is 32.7 Å². The second-order valence-electron chi connectivity index (χ2n) is 10.6. The lowest BCUT2D eigenvalue weighted by molar-refractivity contribution is 0.261. The Hall–Kier alpha value is -3.04. The fourth-order valence-corrected chi connectivity index (χ4v) is 6.10. The number of ether oxygens (including phenoxy) is 1. The molecule has 5 rings (SSSR count). The van der Waals surface area contributed by atoms with Gasteiger partial charge in [0.1, 0.15) is 18.1 Å². The first kappa shape index (κ1) is 23.7. The van der Waals surface area contributed by atoms with Gasteiger partial charge in [-0.25, -0.2) is 0 Å². The van der Waals surface area contributed by atoms with Crippen molar-refractivity contribution in [3.8, 4) is 11.5 Å². The first-order valence-corrected chi connectivity index (χ1v) is 13.0. The highest BCUT2D eigenvalue weighted by Crippen LogP contribution is 2.52. The van der Waals surface area contributed by atoms with E-state index in [9.17, 15) is 5.11 Å². The summed E-state index contributed by atoms with van der Waals surface area (Å²) in [4.78, 5) is 2.13. The minimum atomic E-state index is 0.298. The SMILES string of the molecule is CN(C)CCOc1ccc(/C(=C(/CC2CC3CCC2C3)c2ccccc2)c2ccc(O)cc2)cc1. The molecular weight excluding hydrogens is 430 g/mol. The number of phenols is 1. The van der Waals surface area contributed by atoms with Gasteiger partial charge in [-0.05, 0) is 110 Å². The summed E-state index contributed by atoms with van der Waals surface area (Å²) in [5.74, 6) is 3.75. The van der Waals surface area contributed by atoms with Crippen LogP contribution in [0.25, 0.3) is 11.1 Å². The first-order chi connectivity index (χ1) is 17.1. The van der Waals surface area contributed by atoms with Crippen molar-refractivity contribution in [2.45, 2.75) is 32.1 Å². The van der Waals surface area contributed by atoms with Gasteiger partial charge in [0.25, 0.3) is 0 Å². The molecule has 0 aromatic heterocycles. The van der Waals surface area contributed by atoms with Crippen molar-refractivity contribution < 1.29 is 9.84 Å². The van der Waals surface area contributed by atoms with E-state index >= 15 is 0 Å². The molecule has 3 atom stereocenters. The van der Waals surface area contributed by atoms with Crippen molar-refractivity contribution in [3.63, 3.8) is 0 Å². The van der Waals surface area contributed by atoms with E-state index in [0.29, 0.717) is 12.4 Å². The molecule has 0 heterocycles. The molecule has 3 heteroatoms. The fourth-order valence-electron chi connectivity index (χ4n) is 6.10. The molecule has 0 spiro atoms. The second kappa shape index (κ2) is 10.7. The van der Waals surface area contributed by atoms with Gasteiger partial charge in [0.2, 0.25) is 0 Å². The maximum atomic E-state index is 9.99. The van der Waals surface area contributed by atoms with Gasteiger partial charge >= 0.3 is 0 Å². The molecule has 182 valence electrons. The Bertz CT molecular complexity index is 1130. The van der Waals surface area contributed by atoms with Crippen molar-refractivity contribution in [1.29, 1.82) is 0 Å². The van der Waals surface area contributed by atoms with Crippen LogP contribution in [0.4, 0.5) is 0 Å². The van der Waals surface area contributed by atoms with Crippen LogP contribution in [0.1, 0.15) is 48.8 Å². The van der Waals surface area contributed by atoms with Crippen molar-refractivity contribution in [1.82, 2.24) is 4.90 Å². The van der Waals surface area contributed by atoms with E-state index in [4.69, 9.17) is 4.74 Å². The number of rotatable bonds is 9. The van der Waals surface area contributed by atoms with Gasteiger partial charge in [-0.15, -0.1) is 0 Å². The molecule has 2 aliphatic carbocycles. The number of fused-ring (bicyclic) bond motifs is 2. The molecule has 3 aromatic carbocycles. The standard InChI is InChI=1S/C32H37NO2/c1-33(2)18-19-35-30-16-12-26(13-17-30)32(25-10-14-29(34)15-11-25)31(24-6-4-3-5-7-24)22-28-21-23-8-9-27(28)20-23/h3-7,10-17,23,27-28,34H,8-9,18-22H2,1-2H3/b32-31-. The highest BCUT2D eigenvalue weighted by atomic mass is 16.5. The van der Waals surface area contributed by atoms with Gasteiger partial charge < -0.3 is 14.7 Å². The highest BCUT2D eigenvalue weighted by Gasteiger charge is 2.39. The molecule has 0 amide bonds. The van der Waals surface area contributed by atoms with Crippen LogP contribution in [0.15, 0.2) is 78.9 Å². The van der Waals surface area contributed by atoms with Gasteiger partial charge in [-0.2, -0.15) is 0 Å². The number of phenolic OH excluding ortho intramolecular Hbond substituents is 1. The predicted molar refractivity (Wildman–Crippen MR) is 145 cm³/mol. The van der Waals surface area contributed by atoms with Crippen LogP contribution < -0.4 is 4.74 Å². The quantitative estimate of drug-likeness (QED) is 0.340. The second-order valence-corrected chi connectivity index (χ2v) is 10.6. The van der Waals surface area contributed by atoms with E-state index in [-0.39, 0.29) is 0 Å². The number of benzene rings is 3. The molecule has 3 aromatic rings. The molecule has 2 saturated carbocycles. The molecule has 2 bridgehead atoms. The fraction of sp³-hybridized carbons (Fsp3) is 0.375. The lowest BCUT2D eigenvalue weighted by Crippen LogP contribution is -2.19. The number of likely N-dealkylation sites (N-methyl/N-ethyl adjacent to an activating group) is 1. The lowest BCUT2D eigenvalue weighted by Gasteiger charge is -2.26. The van der Waals surface area contributed by atoms with Crippen LogP contribution in [0.2, 0.25) is 0 Å². The van der Waals surface area contributed by atoms with E-state index in [1.807, 2.05) is 0 Å². The summed E-state index contributed by atoms with van der Waals surface area (Å²) in [7, 11) is 4.12. The molecule has 1 N–H and O–H groups in total. The number of hydrogen-bond donors (Lipinski definition) is 1. The smallest absolute Gasteiger partial charge is 0.119 e. The zero-order valence-electron chi connectivity index (χ0n) is 21.0. The molecule has 2 fully saturated rings. The minimum Gasteiger partial charge on any atom is -0.508 e. The van der Waals surface area contributed by atoms with Crippen molar-refractivity contribution in [2.75, 3.05) is 27.2 Å². The van der Waals surface area contributed by atoms with E-state index in [1.165, 1.54) is 48.0 Å². The zero-order valence-corrected chi connectivity index (χ0v) is 21.0. The van der Waals surface area contributed by atoms with Gasteiger partial charge in [-0.3, -0.25) is 0 Å². The zero-order chi connectivity index (χ0) is 24.2. The molecule has 0 radical (unpaired) electrons. The summed E-state index contributed by atoms with van der Waals surface area (Å²) in [5, 5.41) is 9.99. The molecule has 3 unspecified atom stereocenters. The Morgan fingerprint density at radius 2 is 1.51 bits per heavy atom. The Labute approximate surface area is 210 Å². The average Bonchev–Trinajstić information content (AvgIpc) is 3.49. The number of nitrogens with zero attached hydrogens (tertiary/aromatic N) is 1. The number of hydrogen-bond acceptors (Lipinski definition) is 3. The van der Waals surface area contributed by atoms with Crippen LogP contribution >= 0.6 is 0 Å². The van der Waals surface area contributed by atoms with E-state index < -0.39 is 0 Å². The summed E-state index contributed by atoms with van der Waals surface area (Å²) < 4.78 is 5.97. The van der Waals surface area contributed by atoms with Crippen molar-refractivity contribution >= 4 is 11.1 Å². The molecular formula is C32H37NO2. The van der Waals surface area contributed by atoms with Crippen LogP contribution in [-0.2, 0) is 0 Å². The number of allylic oxidation sites excluding steroid dienone is 1. The van der Waals surface area contributed by atoms with Crippen LogP contribution in [-0.4, -0.2) is 37.3 Å². The van der Waals surface area contributed by atoms with Crippen LogP contribution in [0, 0.1) is 17.8 Å². The van der Waals surface area contributed by atoms with E-state index in [2.05, 4.69) is 85.7 Å². The summed E-state index contributed by atoms with van der Waals surface area (Å²) >= 11 is 0.